The summed E-state index contributed by atoms with van der Waals surface area (Å²) in [7, 11) is 0. The number of rotatable bonds is 3. The summed E-state index contributed by atoms with van der Waals surface area (Å²) < 4.78 is 13.2. The molecular formula is C30H41BrN2O3. The zero-order valence-electron chi connectivity index (χ0n) is 22.0. The zero-order valence-corrected chi connectivity index (χ0v) is 23.6. The lowest BCUT2D eigenvalue weighted by molar-refractivity contribution is -0.409. The number of urea groups is 1. The van der Waals surface area contributed by atoms with E-state index in [4.69, 9.17) is 9.47 Å². The number of hydrogen-bond donors (Lipinski definition) is 1. The molecule has 1 aromatic rings. The van der Waals surface area contributed by atoms with Crippen LogP contribution in [0.15, 0.2) is 22.7 Å². The number of nitrogens with one attached hydrogen (secondary N) is 1. The SMILES string of the molecule is CC1OC(C(C)(C)C2CC3(CCN(C(=O)NC4C5CC6CC(C5)CC4C6)CC3)c3c(Br)cccc32)O1. The predicted octanol–water partition coefficient (Wildman–Crippen LogP) is 6.55. The minimum atomic E-state index is -0.161. The standard InChI is InChI=1S/C30H41BrN2O3/c1-17-35-27(36-17)29(2,3)23-16-30(25-22(23)5-4-6-24(25)31)7-9-33(10-8-30)28(34)32-26-20-12-18-11-19(14-20)15-21(26)13-18/h4-6,17-21,23,26-27H,7-16H2,1-3H3,(H,32,34). The zero-order chi connectivity index (χ0) is 24.8. The van der Waals surface area contributed by atoms with E-state index in [2.05, 4.69) is 58.2 Å². The maximum absolute atomic E-state index is 13.5. The van der Waals surface area contributed by atoms with Crippen LogP contribution >= 0.6 is 15.9 Å². The van der Waals surface area contributed by atoms with Crippen molar-refractivity contribution in [2.24, 2.45) is 29.1 Å². The van der Waals surface area contributed by atoms with Crippen molar-refractivity contribution in [1.29, 1.82) is 0 Å². The Kier molecular flexibility index (Phi) is 5.62. The quantitative estimate of drug-likeness (QED) is 0.459. The van der Waals surface area contributed by atoms with Crippen molar-refractivity contribution in [1.82, 2.24) is 10.2 Å². The van der Waals surface area contributed by atoms with Crippen molar-refractivity contribution in [3.8, 4) is 0 Å². The van der Waals surface area contributed by atoms with E-state index in [1.807, 2.05) is 6.92 Å². The number of benzene rings is 1. The molecule has 1 aromatic carbocycles. The van der Waals surface area contributed by atoms with Crippen molar-refractivity contribution in [3.63, 3.8) is 0 Å². The molecule has 1 spiro atoms. The van der Waals surface area contributed by atoms with Crippen LogP contribution in [-0.4, -0.2) is 42.6 Å². The van der Waals surface area contributed by atoms with E-state index in [0.717, 1.165) is 56.0 Å². The van der Waals surface area contributed by atoms with E-state index in [1.165, 1.54) is 47.7 Å². The van der Waals surface area contributed by atoms with Gasteiger partial charge in [-0.15, -0.1) is 0 Å². The Morgan fingerprint density at radius 2 is 1.69 bits per heavy atom. The summed E-state index contributed by atoms with van der Waals surface area (Å²) in [6.45, 7) is 8.23. The highest BCUT2D eigenvalue weighted by atomic mass is 79.9. The van der Waals surface area contributed by atoms with Gasteiger partial charge in [0.15, 0.2) is 12.6 Å². The van der Waals surface area contributed by atoms with Crippen LogP contribution in [0.2, 0.25) is 0 Å². The first kappa shape index (κ1) is 24.0. The molecule has 4 saturated carbocycles. The average Bonchev–Trinajstić information content (AvgIpc) is 3.15. The highest BCUT2D eigenvalue weighted by Gasteiger charge is 2.55. The van der Waals surface area contributed by atoms with E-state index in [1.54, 1.807) is 0 Å². The van der Waals surface area contributed by atoms with Gasteiger partial charge in [-0.05, 0) is 105 Å². The second-order valence-corrected chi connectivity index (χ2v) is 14.5. The van der Waals surface area contributed by atoms with Crippen LogP contribution in [0.3, 0.4) is 0 Å². The normalized spacial score (nSPS) is 40.3. The minimum absolute atomic E-state index is 0.103. The van der Waals surface area contributed by atoms with Crippen molar-refractivity contribution in [3.05, 3.63) is 33.8 Å². The highest BCUT2D eigenvalue weighted by Crippen LogP contribution is 2.60. The molecule has 1 atom stereocenters. The molecule has 5 nitrogen and oxygen atoms in total. The maximum Gasteiger partial charge on any atom is 0.317 e. The Labute approximate surface area is 224 Å². The van der Waals surface area contributed by atoms with Gasteiger partial charge in [0.25, 0.3) is 0 Å². The Hall–Kier alpha value is -1.11. The van der Waals surface area contributed by atoms with E-state index in [9.17, 15) is 4.79 Å². The number of amides is 2. The first-order valence-electron chi connectivity index (χ1n) is 14.4. The predicted molar refractivity (Wildman–Crippen MR) is 143 cm³/mol. The van der Waals surface area contributed by atoms with Gasteiger partial charge in [0.2, 0.25) is 0 Å². The number of piperidine rings is 1. The van der Waals surface area contributed by atoms with Gasteiger partial charge < -0.3 is 19.7 Å². The van der Waals surface area contributed by atoms with Gasteiger partial charge in [-0.2, -0.15) is 0 Å². The molecule has 2 amide bonds. The summed E-state index contributed by atoms with van der Waals surface area (Å²) >= 11 is 3.92. The first-order valence-corrected chi connectivity index (χ1v) is 15.2. The molecule has 2 heterocycles. The Bertz CT molecular complexity index is 1010. The van der Waals surface area contributed by atoms with E-state index in [-0.39, 0.29) is 29.4 Å². The largest absolute Gasteiger partial charge is 0.335 e. The third kappa shape index (κ3) is 3.64. The topological polar surface area (TPSA) is 50.8 Å². The van der Waals surface area contributed by atoms with Crippen LogP contribution in [0.1, 0.15) is 89.2 Å². The van der Waals surface area contributed by atoms with Gasteiger partial charge in [0, 0.05) is 34.4 Å². The molecular weight excluding hydrogens is 516 g/mol. The monoisotopic (exact) mass is 556 g/mol. The van der Waals surface area contributed by atoms with Gasteiger partial charge in [-0.25, -0.2) is 4.79 Å². The number of halogens is 1. The molecule has 8 rings (SSSR count). The number of likely N-dealkylation sites (tertiary alicyclic amines) is 1. The fourth-order valence-electron chi connectivity index (χ4n) is 9.52. The minimum Gasteiger partial charge on any atom is -0.335 e. The lowest BCUT2D eigenvalue weighted by Gasteiger charge is -2.54. The van der Waals surface area contributed by atoms with Crippen LogP contribution in [0.4, 0.5) is 4.79 Å². The number of carbonyl (C=O) groups is 1. The lowest BCUT2D eigenvalue weighted by atomic mass is 9.54. The van der Waals surface area contributed by atoms with Gasteiger partial charge >= 0.3 is 6.03 Å². The van der Waals surface area contributed by atoms with Crippen LogP contribution in [0, 0.1) is 29.1 Å². The summed E-state index contributed by atoms with van der Waals surface area (Å²) in [6.07, 6.45) is 9.70. The summed E-state index contributed by atoms with van der Waals surface area (Å²) in [5.41, 5.74) is 2.90. The average molecular weight is 558 g/mol. The fraction of sp³-hybridized carbons (Fsp3) is 0.767. The molecule has 1 unspecified atom stereocenters. The number of fused-ring (bicyclic) bond motifs is 2. The van der Waals surface area contributed by atoms with Gasteiger partial charge in [-0.3, -0.25) is 0 Å². The van der Waals surface area contributed by atoms with E-state index < -0.39 is 0 Å². The second kappa shape index (κ2) is 8.44. The van der Waals surface area contributed by atoms with Crippen LogP contribution in [0.5, 0.6) is 0 Å². The molecule has 196 valence electrons. The second-order valence-electron chi connectivity index (χ2n) is 13.6. The summed E-state index contributed by atoms with van der Waals surface area (Å²) in [5, 5.41) is 3.55. The van der Waals surface area contributed by atoms with Crippen molar-refractivity contribution in [2.45, 2.75) is 102 Å². The van der Waals surface area contributed by atoms with Crippen LogP contribution < -0.4 is 5.32 Å². The third-order valence-corrected chi connectivity index (χ3v) is 11.9. The lowest BCUT2D eigenvalue weighted by Crippen LogP contribution is -2.59. The summed E-state index contributed by atoms with van der Waals surface area (Å²) in [4.78, 5) is 15.6. The number of carbonyl (C=O) groups excluding carboxylic acids is 1. The maximum atomic E-state index is 13.5. The van der Waals surface area contributed by atoms with E-state index >= 15 is 0 Å². The fourth-order valence-corrected chi connectivity index (χ4v) is 10.3. The van der Waals surface area contributed by atoms with Gasteiger partial charge in [0.1, 0.15) is 0 Å². The molecule has 2 aliphatic heterocycles. The molecule has 1 N–H and O–H groups in total. The Balaban J connectivity index is 1.06. The molecule has 0 radical (unpaired) electrons. The Morgan fingerprint density at radius 3 is 2.31 bits per heavy atom. The van der Waals surface area contributed by atoms with Crippen molar-refractivity contribution < 1.29 is 14.3 Å². The van der Waals surface area contributed by atoms with Crippen molar-refractivity contribution in [2.75, 3.05) is 13.1 Å². The number of hydrogen-bond acceptors (Lipinski definition) is 3. The highest BCUT2D eigenvalue weighted by molar-refractivity contribution is 9.10. The summed E-state index contributed by atoms with van der Waals surface area (Å²) in [6, 6.07) is 7.28. The van der Waals surface area contributed by atoms with E-state index in [0.29, 0.717) is 12.0 Å². The third-order valence-electron chi connectivity index (χ3n) is 11.2. The summed E-state index contributed by atoms with van der Waals surface area (Å²) in [5.74, 6) is 3.69. The van der Waals surface area contributed by atoms with Crippen LogP contribution in [-0.2, 0) is 14.9 Å². The molecule has 6 heteroatoms. The molecule has 36 heavy (non-hydrogen) atoms. The van der Waals surface area contributed by atoms with Gasteiger partial charge in [-0.1, -0.05) is 41.9 Å². The first-order chi connectivity index (χ1) is 17.2. The van der Waals surface area contributed by atoms with Gasteiger partial charge in [0.05, 0.1) is 0 Å². The molecule has 0 aromatic heterocycles. The Morgan fingerprint density at radius 1 is 1.06 bits per heavy atom. The molecule has 5 aliphatic carbocycles. The smallest absolute Gasteiger partial charge is 0.317 e. The van der Waals surface area contributed by atoms with Crippen LogP contribution in [0.25, 0.3) is 0 Å². The molecule has 6 fully saturated rings. The molecule has 2 saturated heterocycles. The number of nitrogens with zero attached hydrogens (tertiary/aromatic N) is 1. The molecule has 4 bridgehead atoms. The van der Waals surface area contributed by atoms with Crippen molar-refractivity contribution >= 4 is 22.0 Å². The molecule has 7 aliphatic rings. The number of ether oxygens (including phenoxy) is 2.